The van der Waals surface area contributed by atoms with E-state index in [1.54, 1.807) is 0 Å². The summed E-state index contributed by atoms with van der Waals surface area (Å²) >= 11 is 5.66. The quantitative estimate of drug-likeness (QED) is 0.619. The van der Waals surface area contributed by atoms with Crippen molar-refractivity contribution in [3.05, 3.63) is 33.3 Å². The highest BCUT2D eigenvalue weighted by Crippen LogP contribution is 2.29. The van der Waals surface area contributed by atoms with Crippen molar-refractivity contribution in [2.75, 3.05) is 26.3 Å². The molecule has 1 aliphatic rings. The Labute approximate surface area is 114 Å². The van der Waals surface area contributed by atoms with E-state index in [9.17, 15) is 18.5 Å². The maximum Gasteiger partial charge on any atom is 0.290 e. The van der Waals surface area contributed by atoms with E-state index >= 15 is 0 Å². The number of nitro benzene ring substituents is 1. The molecule has 1 saturated heterocycles. The third kappa shape index (κ3) is 2.86. The molecular formula is C10H11ClN2O5S. The van der Waals surface area contributed by atoms with Gasteiger partial charge in [0, 0.05) is 24.2 Å². The predicted octanol–water partition coefficient (Wildman–Crippen LogP) is 1.27. The van der Waals surface area contributed by atoms with Gasteiger partial charge >= 0.3 is 0 Å². The highest BCUT2D eigenvalue weighted by molar-refractivity contribution is 7.89. The molecule has 0 aliphatic carbocycles. The van der Waals surface area contributed by atoms with E-state index in [1.165, 1.54) is 10.4 Å². The van der Waals surface area contributed by atoms with Gasteiger partial charge in [-0.25, -0.2) is 8.42 Å². The van der Waals surface area contributed by atoms with Gasteiger partial charge in [-0.15, -0.1) is 0 Å². The Morgan fingerprint density at radius 2 is 1.95 bits per heavy atom. The SMILES string of the molecule is O=[N+]([O-])c1cc(Cl)ccc1S(=O)(=O)N1CCOCC1. The average Bonchev–Trinajstić information content (AvgIpc) is 2.39. The molecule has 0 N–H and O–H groups in total. The molecule has 1 aliphatic heterocycles. The lowest BCUT2D eigenvalue weighted by molar-refractivity contribution is -0.387. The average molecular weight is 307 g/mol. The van der Waals surface area contributed by atoms with Crippen LogP contribution in [0.25, 0.3) is 0 Å². The molecule has 0 radical (unpaired) electrons. The van der Waals surface area contributed by atoms with Crippen LogP contribution in [-0.2, 0) is 14.8 Å². The molecule has 0 amide bonds. The molecule has 19 heavy (non-hydrogen) atoms. The largest absolute Gasteiger partial charge is 0.379 e. The van der Waals surface area contributed by atoms with E-state index in [2.05, 4.69) is 0 Å². The molecule has 0 saturated carbocycles. The fourth-order valence-electron chi connectivity index (χ4n) is 1.78. The zero-order chi connectivity index (χ0) is 14.0. The molecule has 0 aromatic heterocycles. The van der Waals surface area contributed by atoms with Crippen LogP contribution in [0.15, 0.2) is 23.1 Å². The van der Waals surface area contributed by atoms with E-state index < -0.39 is 20.6 Å². The lowest BCUT2D eigenvalue weighted by atomic mass is 10.3. The van der Waals surface area contributed by atoms with Gasteiger partial charge in [0.2, 0.25) is 10.0 Å². The number of morpholine rings is 1. The van der Waals surface area contributed by atoms with Gasteiger partial charge in [0.05, 0.1) is 18.1 Å². The van der Waals surface area contributed by atoms with Crippen molar-refractivity contribution in [3.63, 3.8) is 0 Å². The molecule has 1 fully saturated rings. The molecule has 1 aromatic carbocycles. The number of benzene rings is 1. The molecule has 104 valence electrons. The van der Waals surface area contributed by atoms with Gasteiger partial charge in [0.1, 0.15) is 0 Å². The van der Waals surface area contributed by atoms with E-state index in [1.807, 2.05) is 0 Å². The van der Waals surface area contributed by atoms with E-state index in [4.69, 9.17) is 16.3 Å². The monoisotopic (exact) mass is 306 g/mol. The molecule has 7 nitrogen and oxygen atoms in total. The molecular weight excluding hydrogens is 296 g/mol. The first kappa shape index (κ1) is 14.2. The fourth-order valence-corrected chi connectivity index (χ4v) is 3.49. The summed E-state index contributed by atoms with van der Waals surface area (Å²) in [6.07, 6.45) is 0. The first-order valence-electron chi connectivity index (χ1n) is 5.45. The maximum absolute atomic E-state index is 12.3. The number of sulfonamides is 1. The first-order valence-corrected chi connectivity index (χ1v) is 7.26. The van der Waals surface area contributed by atoms with Crippen LogP contribution in [-0.4, -0.2) is 43.9 Å². The van der Waals surface area contributed by atoms with Gasteiger partial charge in [-0.05, 0) is 12.1 Å². The van der Waals surface area contributed by atoms with E-state index in [-0.39, 0.29) is 36.2 Å². The highest BCUT2D eigenvalue weighted by Gasteiger charge is 2.32. The van der Waals surface area contributed by atoms with Gasteiger partial charge in [-0.1, -0.05) is 11.6 Å². The minimum Gasteiger partial charge on any atom is -0.379 e. The minimum absolute atomic E-state index is 0.118. The van der Waals surface area contributed by atoms with E-state index in [0.29, 0.717) is 0 Å². The van der Waals surface area contributed by atoms with Gasteiger partial charge in [-0.2, -0.15) is 4.31 Å². The summed E-state index contributed by atoms with van der Waals surface area (Å²) < 4.78 is 30.9. The molecule has 0 unspecified atom stereocenters. The van der Waals surface area contributed by atoms with Crippen molar-refractivity contribution >= 4 is 27.3 Å². The lowest BCUT2D eigenvalue weighted by Gasteiger charge is -2.25. The van der Waals surface area contributed by atoms with Gasteiger partial charge in [0.25, 0.3) is 5.69 Å². The Balaban J connectivity index is 2.48. The Morgan fingerprint density at radius 3 is 2.53 bits per heavy atom. The summed E-state index contributed by atoms with van der Waals surface area (Å²) in [6.45, 7) is 0.922. The molecule has 0 atom stereocenters. The van der Waals surface area contributed by atoms with Crippen molar-refractivity contribution in [1.29, 1.82) is 0 Å². The highest BCUT2D eigenvalue weighted by atomic mass is 35.5. The maximum atomic E-state index is 12.3. The lowest BCUT2D eigenvalue weighted by Crippen LogP contribution is -2.40. The first-order chi connectivity index (χ1) is 8.93. The van der Waals surface area contributed by atoms with Crippen LogP contribution in [0.1, 0.15) is 0 Å². The van der Waals surface area contributed by atoms with Crippen LogP contribution in [0.5, 0.6) is 0 Å². The topological polar surface area (TPSA) is 89.8 Å². The molecule has 0 bridgehead atoms. The molecule has 9 heteroatoms. The molecule has 1 heterocycles. The van der Waals surface area contributed by atoms with Gasteiger partial charge in [-0.3, -0.25) is 10.1 Å². The second kappa shape index (κ2) is 5.41. The standard InChI is InChI=1S/C10H11ClN2O5S/c11-8-1-2-10(9(7-8)13(14)15)19(16,17)12-3-5-18-6-4-12/h1-2,7H,3-6H2. The summed E-state index contributed by atoms with van der Waals surface area (Å²) in [6, 6.07) is 3.52. The molecule has 0 spiro atoms. The second-order valence-corrected chi connectivity index (χ2v) is 6.23. The second-order valence-electron chi connectivity index (χ2n) is 3.89. The Kier molecular flexibility index (Phi) is 4.04. The van der Waals surface area contributed by atoms with Gasteiger partial charge in [0.15, 0.2) is 4.90 Å². The molecule has 2 rings (SSSR count). The van der Waals surface area contributed by atoms with Crippen LogP contribution < -0.4 is 0 Å². The predicted molar refractivity (Wildman–Crippen MR) is 67.7 cm³/mol. The zero-order valence-corrected chi connectivity index (χ0v) is 11.4. The number of nitro groups is 1. The summed E-state index contributed by atoms with van der Waals surface area (Å²) in [4.78, 5) is 9.85. The zero-order valence-electron chi connectivity index (χ0n) is 9.78. The third-order valence-corrected chi connectivity index (χ3v) is 4.89. The van der Waals surface area contributed by atoms with E-state index in [0.717, 1.165) is 12.1 Å². The van der Waals surface area contributed by atoms with Crippen molar-refractivity contribution < 1.29 is 18.1 Å². The van der Waals surface area contributed by atoms with Crippen molar-refractivity contribution in [3.8, 4) is 0 Å². The molecule has 1 aromatic rings. The minimum atomic E-state index is -3.90. The summed E-state index contributed by atoms with van der Waals surface area (Å²) in [5, 5.41) is 11.1. The summed E-state index contributed by atoms with van der Waals surface area (Å²) in [5.41, 5.74) is -0.515. The van der Waals surface area contributed by atoms with Crippen LogP contribution >= 0.6 is 11.6 Å². The fraction of sp³-hybridized carbons (Fsp3) is 0.400. The third-order valence-electron chi connectivity index (χ3n) is 2.71. The number of ether oxygens (including phenoxy) is 1. The smallest absolute Gasteiger partial charge is 0.290 e. The summed E-state index contributed by atoms with van der Waals surface area (Å²) in [7, 11) is -3.90. The number of halogens is 1. The van der Waals surface area contributed by atoms with Crippen molar-refractivity contribution in [2.45, 2.75) is 4.90 Å². The van der Waals surface area contributed by atoms with Crippen LogP contribution in [0, 0.1) is 10.1 Å². The van der Waals surface area contributed by atoms with Crippen molar-refractivity contribution in [1.82, 2.24) is 4.31 Å². The number of nitrogens with zero attached hydrogens (tertiary/aromatic N) is 2. The Morgan fingerprint density at radius 1 is 1.32 bits per heavy atom. The van der Waals surface area contributed by atoms with Crippen LogP contribution in [0.2, 0.25) is 5.02 Å². The normalized spacial score (nSPS) is 17.3. The number of hydrogen-bond donors (Lipinski definition) is 0. The Hall–Kier alpha value is -1.22. The van der Waals surface area contributed by atoms with Crippen molar-refractivity contribution in [2.24, 2.45) is 0 Å². The number of hydrogen-bond acceptors (Lipinski definition) is 5. The van der Waals surface area contributed by atoms with Crippen LogP contribution in [0.3, 0.4) is 0 Å². The number of rotatable bonds is 3. The van der Waals surface area contributed by atoms with Crippen LogP contribution in [0.4, 0.5) is 5.69 Å². The van der Waals surface area contributed by atoms with Gasteiger partial charge < -0.3 is 4.74 Å². The Bertz CT molecular complexity index is 598. The summed E-state index contributed by atoms with van der Waals surface area (Å²) in [5.74, 6) is 0.